The second kappa shape index (κ2) is 9.90. The lowest BCUT2D eigenvalue weighted by atomic mass is 9.98. The number of hydrogen-bond acceptors (Lipinski definition) is 8. The molecule has 0 atom stereocenters. The minimum atomic E-state index is -0.0284. The summed E-state index contributed by atoms with van der Waals surface area (Å²) in [6, 6.07) is 18.5. The molecule has 10 nitrogen and oxygen atoms in total. The van der Waals surface area contributed by atoms with Gasteiger partial charge in [-0.25, -0.2) is 9.50 Å². The molecule has 194 valence electrons. The summed E-state index contributed by atoms with van der Waals surface area (Å²) in [5.41, 5.74) is 5.91. The Bertz CT molecular complexity index is 1750. The van der Waals surface area contributed by atoms with Gasteiger partial charge in [0.15, 0.2) is 17.2 Å². The van der Waals surface area contributed by atoms with E-state index in [9.17, 15) is 9.59 Å². The predicted molar refractivity (Wildman–Crippen MR) is 146 cm³/mol. The van der Waals surface area contributed by atoms with Crippen LogP contribution in [-0.2, 0) is 17.6 Å². The molecule has 0 radical (unpaired) electrons. The zero-order valence-electron chi connectivity index (χ0n) is 21.3. The van der Waals surface area contributed by atoms with Crippen molar-refractivity contribution in [3.8, 4) is 22.9 Å². The van der Waals surface area contributed by atoms with E-state index in [4.69, 9.17) is 14.6 Å². The van der Waals surface area contributed by atoms with E-state index in [1.54, 1.807) is 42.2 Å². The molecule has 6 rings (SSSR count). The van der Waals surface area contributed by atoms with E-state index < -0.39 is 0 Å². The molecule has 0 spiro atoms. The summed E-state index contributed by atoms with van der Waals surface area (Å²) in [5, 5.41) is 10.8. The van der Waals surface area contributed by atoms with Crippen LogP contribution in [0, 0.1) is 0 Å². The Morgan fingerprint density at radius 1 is 1.08 bits per heavy atom. The number of hydrogen-bond donors (Lipinski definition) is 2. The number of amides is 1. The number of carbonyl (C=O) groups is 2. The summed E-state index contributed by atoms with van der Waals surface area (Å²) in [6.45, 7) is 0. The van der Waals surface area contributed by atoms with Gasteiger partial charge in [-0.3, -0.25) is 9.59 Å². The van der Waals surface area contributed by atoms with Crippen LogP contribution in [0.3, 0.4) is 0 Å². The van der Waals surface area contributed by atoms with Crippen molar-refractivity contribution >= 4 is 34.5 Å². The smallest absolute Gasteiger partial charge is 0.258 e. The van der Waals surface area contributed by atoms with Crippen molar-refractivity contribution in [2.24, 2.45) is 0 Å². The van der Waals surface area contributed by atoms with Crippen LogP contribution in [0.4, 0.5) is 17.2 Å². The van der Waals surface area contributed by atoms with Gasteiger partial charge in [0.1, 0.15) is 5.82 Å². The summed E-state index contributed by atoms with van der Waals surface area (Å²) in [7, 11) is 3.09. The molecule has 0 unspecified atom stereocenters. The number of Topliss-reactive ketones (excluding diaryl/α,β-unsaturated/α-hetero) is 1. The van der Waals surface area contributed by atoms with Crippen molar-refractivity contribution in [2.45, 2.75) is 12.8 Å². The van der Waals surface area contributed by atoms with Crippen molar-refractivity contribution in [3.05, 3.63) is 89.7 Å². The van der Waals surface area contributed by atoms with E-state index in [0.29, 0.717) is 46.5 Å². The molecule has 0 fully saturated rings. The minimum absolute atomic E-state index is 0.0225. The standard InChI is InChI=1S/C29H24N6O4/c1-38-25-8-9-26(33-29(25)39-2)31-23-16-22(34-35-11-10-30-28(23)35)18-4-3-5-19(14-18)24(36)13-17-6-7-21-20(12-17)15-27(37)32-21/h3-12,14,16H,13,15H2,1-2H3,(H,31,33)(H,32,37). The number of benzene rings is 2. The number of aromatic nitrogens is 4. The quantitative estimate of drug-likeness (QED) is 0.288. The second-order valence-electron chi connectivity index (χ2n) is 9.07. The molecule has 2 aromatic carbocycles. The highest BCUT2D eigenvalue weighted by atomic mass is 16.5. The average Bonchev–Trinajstić information content (AvgIpc) is 3.58. The second-order valence-corrected chi connectivity index (χ2v) is 9.07. The first-order valence-corrected chi connectivity index (χ1v) is 12.3. The van der Waals surface area contributed by atoms with Gasteiger partial charge in [-0.05, 0) is 41.5 Å². The van der Waals surface area contributed by atoms with E-state index in [-0.39, 0.29) is 18.1 Å². The first-order chi connectivity index (χ1) is 19.0. The van der Waals surface area contributed by atoms with Gasteiger partial charge >= 0.3 is 0 Å². The summed E-state index contributed by atoms with van der Waals surface area (Å²) in [4.78, 5) is 33.8. The minimum Gasteiger partial charge on any atom is -0.491 e. The zero-order chi connectivity index (χ0) is 26.9. The number of nitrogens with one attached hydrogen (secondary N) is 2. The van der Waals surface area contributed by atoms with Gasteiger partial charge in [-0.2, -0.15) is 10.1 Å². The van der Waals surface area contributed by atoms with Gasteiger partial charge in [-0.1, -0.05) is 30.3 Å². The van der Waals surface area contributed by atoms with Gasteiger partial charge in [-0.15, -0.1) is 0 Å². The maximum atomic E-state index is 13.2. The summed E-state index contributed by atoms with van der Waals surface area (Å²) in [5.74, 6) is 1.37. The number of methoxy groups -OCH3 is 2. The van der Waals surface area contributed by atoms with Crippen LogP contribution in [-0.4, -0.2) is 45.5 Å². The number of imidazole rings is 1. The highest BCUT2D eigenvalue weighted by Gasteiger charge is 2.19. The number of rotatable bonds is 8. The van der Waals surface area contributed by atoms with Crippen LogP contribution in [0.15, 0.2) is 73.1 Å². The third kappa shape index (κ3) is 4.75. The highest BCUT2D eigenvalue weighted by Crippen LogP contribution is 2.30. The number of ether oxygens (including phenoxy) is 2. The van der Waals surface area contributed by atoms with Crippen LogP contribution in [0.25, 0.3) is 16.9 Å². The fourth-order valence-electron chi connectivity index (χ4n) is 4.62. The molecule has 0 bridgehead atoms. The van der Waals surface area contributed by atoms with Crippen LogP contribution in [0.1, 0.15) is 21.5 Å². The molecule has 2 N–H and O–H groups in total. The van der Waals surface area contributed by atoms with Gasteiger partial charge < -0.3 is 20.1 Å². The molecule has 0 saturated heterocycles. The number of nitrogens with zero attached hydrogens (tertiary/aromatic N) is 4. The Hall–Kier alpha value is -5.25. The van der Waals surface area contributed by atoms with E-state index >= 15 is 0 Å². The molecule has 10 heteroatoms. The number of anilines is 3. The monoisotopic (exact) mass is 520 g/mol. The largest absolute Gasteiger partial charge is 0.491 e. The van der Waals surface area contributed by atoms with Crippen molar-refractivity contribution in [1.29, 1.82) is 0 Å². The van der Waals surface area contributed by atoms with Crippen molar-refractivity contribution < 1.29 is 19.1 Å². The zero-order valence-corrected chi connectivity index (χ0v) is 21.3. The van der Waals surface area contributed by atoms with Gasteiger partial charge in [0, 0.05) is 35.6 Å². The Morgan fingerprint density at radius 3 is 2.82 bits per heavy atom. The van der Waals surface area contributed by atoms with Crippen molar-refractivity contribution in [1.82, 2.24) is 19.6 Å². The lowest BCUT2D eigenvalue weighted by Gasteiger charge is -2.12. The molecule has 1 aliphatic rings. The lowest BCUT2D eigenvalue weighted by Crippen LogP contribution is -2.05. The SMILES string of the molecule is COc1ccc(Nc2cc(-c3cccc(C(=O)Cc4ccc5c(c4)CC(=O)N5)c3)nn3ccnc23)nc1OC. The Labute approximate surface area is 223 Å². The molecule has 1 aliphatic heterocycles. The van der Waals surface area contributed by atoms with E-state index in [1.165, 1.54) is 7.11 Å². The van der Waals surface area contributed by atoms with Gasteiger partial charge in [0.05, 0.1) is 32.0 Å². The van der Waals surface area contributed by atoms with E-state index in [1.807, 2.05) is 42.5 Å². The number of fused-ring (bicyclic) bond motifs is 2. The van der Waals surface area contributed by atoms with E-state index in [2.05, 4.69) is 20.6 Å². The maximum Gasteiger partial charge on any atom is 0.258 e. The fourth-order valence-corrected chi connectivity index (χ4v) is 4.62. The summed E-state index contributed by atoms with van der Waals surface area (Å²) in [6.07, 6.45) is 3.99. The molecule has 4 heterocycles. The normalized spacial score (nSPS) is 12.2. The molecular weight excluding hydrogens is 496 g/mol. The van der Waals surface area contributed by atoms with Gasteiger partial charge in [0.25, 0.3) is 5.88 Å². The first kappa shape index (κ1) is 24.1. The lowest BCUT2D eigenvalue weighted by molar-refractivity contribution is -0.115. The fraction of sp³-hybridized carbons (Fsp3) is 0.138. The maximum absolute atomic E-state index is 13.2. The summed E-state index contributed by atoms with van der Waals surface area (Å²) >= 11 is 0. The van der Waals surface area contributed by atoms with Crippen LogP contribution >= 0.6 is 0 Å². The summed E-state index contributed by atoms with van der Waals surface area (Å²) < 4.78 is 12.3. The Balaban J connectivity index is 1.29. The third-order valence-corrected chi connectivity index (χ3v) is 6.50. The average molecular weight is 521 g/mol. The molecule has 5 aromatic rings. The number of pyridine rings is 1. The van der Waals surface area contributed by atoms with E-state index in [0.717, 1.165) is 22.4 Å². The molecule has 1 amide bonds. The predicted octanol–water partition coefficient (Wildman–Crippen LogP) is 4.47. The molecule has 3 aromatic heterocycles. The van der Waals surface area contributed by atoms with Crippen LogP contribution < -0.4 is 20.1 Å². The molecule has 0 aliphatic carbocycles. The van der Waals surface area contributed by atoms with Crippen LogP contribution in [0.2, 0.25) is 0 Å². The van der Waals surface area contributed by atoms with Crippen LogP contribution in [0.5, 0.6) is 11.6 Å². The molecule has 39 heavy (non-hydrogen) atoms. The topological polar surface area (TPSA) is 120 Å². The van der Waals surface area contributed by atoms with Crippen molar-refractivity contribution in [3.63, 3.8) is 0 Å². The highest BCUT2D eigenvalue weighted by molar-refractivity contribution is 6.00. The molecular formula is C29H24N6O4. The number of carbonyl (C=O) groups excluding carboxylic acids is 2. The first-order valence-electron chi connectivity index (χ1n) is 12.3. The Kier molecular flexibility index (Phi) is 6.12. The third-order valence-electron chi connectivity index (χ3n) is 6.50. The Morgan fingerprint density at radius 2 is 1.97 bits per heavy atom. The molecule has 0 saturated carbocycles. The van der Waals surface area contributed by atoms with Crippen molar-refractivity contribution in [2.75, 3.05) is 24.9 Å². The number of ketones is 1. The van der Waals surface area contributed by atoms with Gasteiger partial charge in [0.2, 0.25) is 5.91 Å².